The summed E-state index contributed by atoms with van der Waals surface area (Å²) in [6, 6.07) is 20.5. The Morgan fingerprint density at radius 3 is 2.81 bits per heavy atom. The van der Waals surface area contributed by atoms with E-state index < -0.39 is 0 Å². The monoisotopic (exact) mass is 514 g/mol. The standard InChI is InChI=1S/C29H26N2O3S2/c1-33-23-17-19(27-30-28(32)26-21-10-4-5-11-25(21)36-29(26)31-27)13-14-22(23)34-15-16-35-24-12-6-8-18-7-2-3-9-20(18)24/h2-3,6-9,12-14,17H,4-5,10-11,15-16H2,1H3,(H,30,31,32). The summed E-state index contributed by atoms with van der Waals surface area (Å²) in [5.74, 6) is 2.67. The van der Waals surface area contributed by atoms with Gasteiger partial charge in [-0.2, -0.15) is 0 Å². The lowest BCUT2D eigenvalue weighted by Crippen LogP contribution is -2.11. The van der Waals surface area contributed by atoms with Gasteiger partial charge in [-0.05, 0) is 66.3 Å². The number of fused-ring (bicyclic) bond motifs is 4. The molecule has 182 valence electrons. The van der Waals surface area contributed by atoms with E-state index in [4.69, 9.17) is 14.5 Å². The molecular formula is C29H26N2O3S2. The van der Waals surface area contributed by atoms with Gasteiger partial charge in [0.15, 0.2) is 11.5 Å². The molecule has 0 saturated carbocycles. The Bertz CT molecular complexity index is 1620. The molecule has 36 heavy (non-hydrogen) atoms. The summed E-state index contributed by atoms with van der Waals surface area (Å²) in [5, 5.41) is 3.28. The molecule has 1 aliphatic rings. The van der Waals surface area contributed by atoms with Crippen LogP contribution in [0.2, 0.25) is 0 Å². The van der Waals surface area contributed by atoms with E-state index in [0.29, 0.717) is 23.9 Å². The van der Waals surface area contributed by atoms with E-state index in [1.807, 2.05) is 18.2 Å². The number of hydrogen-bond acceptors (Lipinski definition) is 6. The summed E-state index contributed by atoms with van der Waals surface area (Å²) < 4.78 is 11.7. The van der Waals surface area contributed by atoms with Crippen molar-refractivity contribution in [2.45, 2.75) is 30.6 Å². The van der Waals surface area contributed by atoms with Gasteiger partial charge in [0, 0.05) is 21.1 Å². The number of hydrogen-bond donors (Lipinski definition) is 1. The van der Waals surface area contributed by atoms with Gasteiger partial charge < -0.3 is 14.5 Å². The van der Waals surface area contributed by atoms with Crippen molar-refractivity contribution in [2.24, 2.45) is 0 Å². The van der Waals surface area contributed by atoms with Crippen LogP contribution in [0.4, 0.5) is 0 Å². The van der Waals surface area contributed by atoms with Crippen LogP contribution in [0.1, 0.15) is 23.3 Å². The minimum absolute atomic E-state index is 0.0563. The van der Waals surface area contributed by atoms with Gasteiger partial charge in [0.1, 0.15) is 10.7 Å². The number of H-pyrrole nitrogens is 1. The third-order valence-electron chi connectivity index (χ3n) is 6.61. The van der Waals surface area contributed by atoms with E-state index in [9.17, 15) is 4.79 Å². The van der Waals surface area contributed by atoms with Gasteiger partial charge in [-0.1, -0.05) is 36.4 Å². The van der Waals surface area contributed by atoms with Crippen molar-refractivity contribution in [2.75, 3.05) is 19.5 Å². The smallest absolute Gasteiger partial charge is 0.260 e. The van der Waals surface area contributed by atoms with E-state index in [-0.39, 0.29) is 5.56 Å². The molecule has 7 heteroatoms. The molecule has 5 nitrogen and oxygen atoms in total. The van der Waals surface area contributed by atoms with Crippen LogP contribution in [0.15, 0.2) is 70.4 Å². The molecule has 5 aromatic rings. The molecule has 2 aromatic heterocycles. The Balaban J connectivity index is 1.19. The van der Waals surface area contributed by atoms with Crippen molar-refractivity contribution < 1.29 is 9.47 Å². The van der Waals surface area contributed by atoms with E-state index >= 15 is 0 Å². The molecule has 0 amide bonds. The molecular weight excluding hydrogens is 488 g/mol. The van der Waals surface area contributed by atoms with Crippen LogP contribution < -0.4 is 15.0 Å². The van der Waals surface area contributed by atoms with Crippen molar-refractivity contribution in [3.63, 3.8) is 0 Å². The second kappa shape index (κ2) is 9.99. The highest BCUT2D eigenvalue weighted by Crippen LogP contribution is 2.36. The molecule has 0 unspecified atom stereocenters. The van der Waals surface area contributed by atoms with Gasteiger partial charge in [-0.15, -0.1) is 23.1 Å². The summed E-state index contributed by atoms with van der Waals surface area (Å²) in [4.78, 5) is 24.2. The lowest BCUT2D eigenvalue weighted by molar-refractivity contribution is 0.313. The summed E-state index contributed by atoms with van der Waals surface area (Å²) in [6.07, 6.45) is 4.34. The molecule has 0 aliphatic heterocycles. The van der Waals surface area contributed by atoms with Gasteiger partial charge in [-0.25, -0.2) is 4.98 Å². The summed E-state index contributed by atoms with van der Waals surface area (Å²) in [6.45, 7) is 0.547. The second-order valence-corrected chi connectivity index (χ2v) is 11.1. The normalized spacial score (nSPS) is 13.1. The maximum Gasteiger partial charge on any atom is 0.260 e. The third-order valence-corrected chi connectivity index (χ3v) is 8.83. The van der Waals surface area contributed by atoms with Gasteiger partial charge >= 0.3 is 0 Å². The highest BCUT2D eigenvalue weighted by molar-refractivity contribution is 7.99. The van der Waals surface area contributed by atoms with Crippen molar-refractivity contribution in [1.82, 2.24) is 9.97 Å². The number of rotatable bonds is 7. The van der Waals surface area contributed by atoms with E-state index in [0.717, 1.165) is 40.8 Å². The van der Waals surface area contributed by atoms with Crippen LogP contribution in [0.3, 0.4) is 0 Å². The molecule has 2 heterocycles. The van der Waals surface area contributed by atoms with Gasteiger partial charge in [0.2, 0.25) is 0 Å². The zero-order chi connectivity index (χ0) is 24.5. The van der Waals surface area contributed by atoms with E-state index in [2.05, 4.69) is 47.4 Å². The summed E-state index contributed by atoms with van der Waals surface area (Å²) >= 11 is 3.44. The SMILES string of the molecule is COc1cc(-c2nc3sc4c(c3c(=O)[nH]2)CCCC4)ccc1OCCSc1cccc2ccccc12. The molecule has 0 fully saturated rings. The lowest BCUT2D eigenvalue weighted by atomic mass is 9.97. The summed E-state index contributed by atoms with van der Waals surface area (Å²) in [5.41, 5.74) is 1.94. The summed E-state index contributed by atoms with van der Waals surface area (Å²) in [7, 11) is 1.63. The molecule has 0 saturated heterocycles. The van der Waals surface area contributed by atoms with E-state index in [1.165, 1.54) is 32.5 Å². The maximum atomic E-state index is 13.0. The number of aromatic nitrogens is 2. The predicted molar refractivity (Wildman–Crippen MR) is 149 cm³/mol. The van der Waals surface area contributed by atoms with Crippen LogP contribution in [0, 0.1) is 0 Å². The Kier molecular flexibility index (Phi) is 6.42. The van der Waals surface area contributed by atoms with Crippen molar-refractivity contribution >= 4 is 44.1 Å². The first-order valence-electron chi connectivity index (χ1n) is 12.2. The molecule has 0 bridgehead atoms. The molecule has 1 aliphatic carbocycles. The quantitative estimate of drug-likeness (QED) is 0.190. The number of aryl methyl sites for hydroxylation is 2. The fraction of sp³-hybridized carbons (Fsp3) is 0.241. The minimum atomic E-state index is -0.0563. The van der Waals surface area contributed by atoms with Gasteiger partial charge in [-0.3, -0.25) is 4.79 Å². The fourth-order valence-electron chi connectivity index (χ4n) is 4.86. The molecule has 0 atom stereocenters. The van der Waals surface area contributed by atoms with Crippen LogP contribution in [-0.2, 0) is 12.8 Å². The first-order valence-corrected chi connectivity index (χ1v) is 14.0. The number of thiophene rings is 1. The Labute approximate surface area is 217 Å². The molecule has 3 aromatic carbocycles. The van der Waals surface area contributed by atoms with Crippen LogP contribution in [0.5, 0.6) is 11.5 Å². The number of thioether (sulfide) groups is 1. The van der Waals surface area contributed by atoms with Gasteiger partial charge in [0.25, 0.3) is 5.56 Å². The molecule has 6 rings (SSSR count). The second-order valence-electron chi connectivity index (χ2n) is 8.85. The number of aromatic amines is 1. The molecule has 0 spiro atoms. The lowest BCUT2D eigenvalue weighted by Gasteiger charge is -2.12. The first-order chi connectivity index (χ1) is 17.7. The fourth-order valence-corrected chi connectivity index (χ4v) is 7.02. The van der Waals surface area contributed by atoms with Crippen molar-refractivity contribution in [3.8, 4) is 22.9 Å². The minimum Gasteiger partial charge on any atom is -0.493 e. The van der Waals surface area contributed by atoms with Gasteiger partial charge in [0.05, 0.1) is 19.1 Å². The number of methoxy groups -OCH3 is 1. The number of nitrogens with one attached hydrogen (secondary N) is 1. The Hall–Kier alpha value is -3.29. The highest BCUT2D eigenvalue weighted by atomic mass is 32.2. The first kappa shape index (κ1) is 23.1. The molecule has 1 N–H and O–H groups in total. The zero-order valence-corrected chi connectivity index (χ0v) is 21.6. The zero-order valence-electron chi connectivity index (χ0n) is 20.0. The van der Waals surface area contributed by atoms with Crippen LogP contribution in [-0.4, -0.2) is 29.4 Å². The predicted octanol–water partition coefficient (Wildman–Crippen LogP) is 6.86. The largest absolute Gasteiger partial charge is 0.493 e. The number of ether oxygens (including phenoxy) is 2. The third kappa shape index (κ3) is 4.38. The molecule has 0 radical (unpaired) electrons. The maximum absolute atomic E-state index is 13.0. The van der Waals surface area contributed by atoms with E-state index in [1.54, 1.807) is 30.2 Å². The highest BCUT2D eigenvalue weighted by Gasteiger charge is 2.20. The van der Waals surface area contributed by atoms with Crippen molar-refractivity contribution in [3.05, 3.63) is 81.5 Å². The van der Waals surface area contributed by atoms with Crippen LogP contribution in [0.25, 0.3) is 32.4 Å². The number of nitrogens with zero attached hydrogens (tertiary/aromatic N) is 1. The average Bonchev–Trinajstić information content (AvgIpc) is 3.30. The van der Waals surface area contributed by atoms with Crippen molar-refractivity contribution in [1.29, 1.82) is 0 Å². The number of benzene rings is 3. The average molecular weight is 515 g/mol. The van der Waals surface area contributed by atoms with Crippen LogP contribution >= 0.6 is 23.1 Å². The Morgan fingerprint density at radius 1 is 1.03 bits per heavy atom. The Morgan fingerprint density at radius 2 is 1.89 bits per heavy atom. The topological polar surface area (TPSA) is 64.2 Å².